The van der Waals surface area contributed by atoms with Gasteiger partial charge in [0.25, 0.3) is 0 Å². The molecule has 4 N–H and O–H groups in total. The molecular formula is C17H24N2. The quantitative estimate of drug-likeness (QED) is 0.640. The van der Waals surface area contributed by atoms with Crippen molar-refractivity contribution < 1.29 is 0 Å². The highest BCUT2D eigenvalue weighted by atomic mass is 14.6. The zero-order chi connectivity index (χ0) is 13.7. The van der Waals surface area contributed by atoms with Crippen LogP contribution in [0.2, 0.25) is 0 Å². The predicted molar refractivity (Wildman–Crippen MR) is 82.8 cm³/mol. The van der Waals surface area contributed by atoms with E-state index in [1.807, 2.05) is 12.1 Å². The molecule has 0 heterocycles. The van der Waals surface area contributed by atoms with Crippen LogP contribution in [-0.2, 0) is 6.42 Å². The van der Waals surface area contributed by atoms with Crippen LogP contribution in [0, 0.1) is 5.92 Å². The number of anilines is 1. The van der Waals surface area contributed by atoms with Crippen LogP contribution >= 0.6 is 0 Å². The van der Waals surface area contributed by atoms with Gasteiger partial charge in [-0.1, -0.05) is 42.9 Å². The van der Waals surface area contributed by atoms with Gasteiger partial charge < -0.3 is 11.5 Å². The molecule has 0 saturated heterocycles. The van der Waals surface area contributed by atoms with E-state index in [1.54, 1.807) is 0 Å². The van der Waals surface area contributed by atoms with Crippen molar-refractivity contribution in [3.05, 3.63) is 53.6 Å². The summed E-state index contributed by atoms with van der Waals surface area (Å²) in [7, 11) is 0. The third-order valence-corrected chi connectivity index (χ3v) is 3.62. The van der Waals surface area contributed by atoms with Gasteiger partial charge in [0.1, 0.15) is 0 Å². The van der Waals surface area contributed by atoms with Crippen molar-refractivity contribution in [2.24, 2.45) is 11.7 Å². The molecule has 1 aromatic carbocycles. The van der Waals surface area contributed by atoms with E-state index in [1.165, 1.54) is 11.1 Å². The molecule has 0 radical (unpaired) electrons. The summed E-state index contributed by atoms with van der Waals surface area (Å²) in [6, 6.07) is 8.42. The third kappa shape index (κ3) is 4.56. The van der Waals surface area contributed by atoms with Gasteiger partial charge in [-0.15, -0.1) is 0 Å². The molecule has 2 heteroatoms. The molecule has 0 saturated carbocycles. The topological polar surface area (TPSA) is 52.0 Å². The Kier molecular flexibility index (Phi) is 4.80. The van der Waals surface area contributed by atoms with E-state index >= 15 is 0 Å². The number of nitrogens with two attached hydrogens (primary N) is 2. The molecule has 2 unspecified atom stereocenters. The lowest BCUT2D eigenvalue weighted by Gasteiger charge is -2.13. The number of benzene rings is 1. The number of hydrogen-bond donors (Lipinski definition) is 2. The van der Waals surface area contributed by atoms with Gasteiger partial charge in [0.05, 0.1) is 0 Å². The highest BCUT2D eigenvalue weighted by Crippen LogP contribution is 2.22. The molecule has 0 fully saturated rings. The second kappa shape index (κ2) is 6.58. The molecule has 2 rings (SSSR count). The fourth-order valence-electron chi connectivity index (χ4n) is 2.60. The average Bonchev–Trinajstić information content (AvgIpc) is 2.57. The molecule has 1 aromatic rings. The van der Waals surface area contributed by atoms with Gasteiger partial charge in [0.15, 0.2) is 0 Å². The maximum Gasteiger partial charge on any atom is 0.0314 e. The maximum absolute atomic E-state index is 5.92. The van der Waals surface area contributed by atoms with Gasteiger partial charge in [0, 0.05) is 11.7 Å². The highest BCUT2D eigenvalue weighted by Gasteiger charge is 2.09. The van der Waals surface area contributed by atoms with E-state index in [4.69, 9.17) is 11.5 Å². The Labute approximate surface area is 116 Å². The molecule has 1 aliphatic rings. The first-order chi connectivity index (χ1) is 9.13. The van der Waals surface area contributed by atoms with Crippen molar-refractivity contribution in [1.29, 1.82) is 0 Å². The standard InChI is InChI=1S/C17H24N2/c1-13(12-15-6-9-17(19)10-7-15)11-14-3-2-4-16(18)8-5-14/h2,4-7,9-10,13,16H,3,8,11-12,18-19H2,1H3. The lowest BCUT2D eigenvalue weighted by molar-refractivity contribution is 0.568. The SMILES string of the molecule is CC(CC1=CCC(N)C=CC1)Cc1ccc(N)cc1. The van der Waals surface area contributed by atoms with Crippen molar-refractivity contribution in [2.45, 2.75) is 38.6 Å². The monoisotopic (exact) mass is 256 g/mol. The van der Waals surface area contributed by atoms with Crippen LogP contribution in [0.15, 0.2) is 48.1 Å². The Balaban J connectivity index is 1.89. The van der Waals surface area contributed by atoms with Crippen LogP contribution in [-0.4, -0.2) is 6.04 Å². The van der Waals surface area contributed by atoms with Gasteiger partial charge in [-0.05, 0) is 49.3 Å². The minimum Gasteiger partial charge on any atom is -0.399 e. The predicted octanol–water partition coefficient (Wildman–Crippen LogP) is 3.44. The molecule has 1 aliphatic carbocycles. The highest BCUT2D eigenvalue weighted by molar-refractivity contribution is 5.39. The Morgan fingerprint density at radius 2 is 1.95 bits per heavy atom. The number of allylic oxidation sites excluding steroid dienone is 2. The Bertz CT molecular complexity index is 457. The van der Waals surface area contributed by atoms with Gasteiger partial charge in [-0.2, -0.15) is 0 Å². The average molecular weight is 256 g/mol. The minimum atomic E-state index is 0.199. The lowest BCUT2D eigenvalue weighted by atomic mass is 9.92. The summed E-state index contributed by atoms with van der Waals surface area (Å²) in [5, 5.41) is 0. The van der Waals surface area contributed by atoms with Crippen LogP contribution < -0.4 is 11.5 Å². The van der Waals surface area contributed by atoms with Crippen LogP contribution in [0.3, 0.4) is 0 Å². The zero-order valence-electron chi connectivity index (χ0n) is 11.7. The van der Waals surface area contributed by atoms with E-state index in [0.29, 0.717) is 5.92 Å². The summed E-state index contributed by atoms with van der Waals surface area (Å²) < 4.78 is 0. The summed E-state index contributed by atoms with van der Waals surface area (Å²) in [4.78, 5) is 0. The molecule has 2 atom stereocenters. The molecular weight excluding hydrogens is 232 g/mol. The first kappa shape index (κ1) is 13.9. The largest absolute Gasteiger partial charge is 0.399 e. The molecule has 0 aliphatic heterocycles. The van der Waals surface area contributed by atoms with Gasteiger partial charge in [-0.3, -0.25) is 0 Å². The first-order valence-corrected chi connectivity index (χ1v) is 7.08. The molecule has 0 aromatic heterocycles. The van der Waals surface area contributed by atoms with E-state index in [9.17, 15) is 0 Å². The zero-order valence-corrected chi connectivity index (χ0v) is 11.7. The smallest absolute Gasteiger partial charge is 0.0314 e. The van der Waals surface area contributed by atoms with Crippen LogP contribution in [0.1, 0.15) is 31.7 Å². The number of rotatable bonds is 4. The van der Waals surface area contributed by atoms with Crippen molar-refractivity contribution >= 4 is 5.69 Å². The molecule has 0 amide bonds. The van der Waals surface area contributed by atoms with Crippen molar-refractivity contribution in [2.75, 3.05) is 5.73 Å². The number of nitrogen functional groups attached to an aromatic ring is 1. The summed E-state index contributed by atoms with van der Waals surface area (Å²) >= 11 is 0. The summed E-state index contributed by atoms with van der Waals surface area (Å²) in [5.74, 6) is 0.651. The second-order valence-corrected chi connectivity index (χ2v) is 5.65. The van der Waals surface area contributed by atoms with E-state index in [2.05, 4.69) is 37.3 Å². The molecule has 102 valence electrons. The van der Waals surface area contributed by atoms with Crippen LogP contribution in [0.4, 0.5) is 5.69 Å². The van der Waals surface area contributed by atoms with Gasteiger partial charge >= 0.3 is 0 Å². The summed E-state index contributed by atoms with van der Waals surface area (Å²) in [6.45, 7) is 2.31. The van der Waals surface area contributed by atoms with Crippen LogP contribution in [0.5, 0.6) is 0 Å². The van der Waals surface area contributed by atoms with E-state index in [0.717, 1.165) is 31.4 Å². The van der Waals surface area contributed by atoms with Gasteiger partial charge in [0.2, 0.25) is 0 Å². The summed E-state index contributed by atoms with van der Waals surface area (Å²) in [5.41, 5.74) is 15.4. The van der Waals surface area contributed by atoms with Gasteiger partial charge in [-0.25, -0.2) is 0 Å². The van der Waals surface area contributed by atoms with Crippen LogP contribution in [0.25, 0.3) is 0 Å². The third-order valence-electron chi connectivity index (χ3n) is 3.62. The summed E-state index contributed by atoms with van der Waals surface area (Å²) in [6.07, 6.45) is 10.9. The maximum atomic E-state index is 5.92. The van der Waals surface area contributed by atoms with E-state index in [-0.39, 0.29) is 6.04 Å². The fourth-order valence-corrected chi connectivity index (χ4v) is 2.60. The van der Waals surface area contributed by atoms with Crippen molar-refractivity contribution in [3.8, 4) is 0 Å². The molecule has 0 spiro atoms. The lowest BCUT2D eigenvalue weighted by Crippen LogP contribution is -2.14. The van der Waals surface area contributed by atoms with Crippen molar-refractivity contribution in [1.82, 2.24) is 0 Å². The molecule has 0 bridgehead atoms. The minimum absolute atomic E-state index is 0.199. The molecule has 2 nitrogen and oxygen atoms in total. The number of hydrogen-bond acceptors (Lipinski definition) is 2. The first-order valence-electron chi connectivity index (χ1n) is 7.08. The molecule has 19 heavy (non-hydrogen) atoms. The fraction of sp³-hybridized carbons (Fsp3) is 0.412. The second-order valence-electron chi connectivity index (χ2n) is 5.65. The van der Waals surface area contributed by atoms with Crippen molar-refractivity contribution in [3.63, 3.8) is 0 Å². The Hall–Kier alpha value is -1.54. The normalized spacial score (nSPS) is 20.7. The Morgan fingerprint density at radius 1 is 1.21 bits per heavy atom. The van der Waals surface area contributed by atoms with E-state index < -0.39 is 0 Å². The Morgan fingerprint density at radius 3 is 2.68 bits per heavy atom.